The lowest BCUT2D eigenvalue weighted by Gasteiger charge is -2.19. The zero-order valence-corrected chi connectivity index (χ0v) is 23.8. The Labute approximate surface area is 237 Å². The Hall–Kier alpha value is -3.02. The van der Waals surface area contributed by atoms with Gasteiger partial charge < -0.3 is 0 Å². The van der Waals surface area contributed by atoms with E-state index in [-0.39, 0.29) is 22.3 Å². The molecule has 0 amide bonds. The Bertz CT molecular complexity index is 1630. The first-order chi connectivity index (χ1) is 18.8. The standard InChI is InChI=1S/C31H22ClF2O2PS2/c32-30-20-29(39(35,36)21-22-4-2-1-3-5-22)18-19-31(30)38-28-16-14-27(15-17-28)37(25-10-6-23(33)7-11-25)26-12-8-24(34)9-13-26/h1-20H,21H2. The molecule has 8 heteroatoms. The molecule has 0 aliphatic heterocycles. The number of rotatable bonds is 8. The van der Waals surface area contributed by atoms with Crippen LogP contribution in [0.2, 0.25) is 5.02 Å². The summed E-state index contributed by atoms with van der Waals surface area (Å²) in [5.74, 6) is -0.714. The van der Waals surface area contributed by atoms with Gasteiger partial charge in [-0.1, -0.05) is 90.1 Å². The molecule has 0 saturated carbocycles. The van der Waals surface area contributed by atoms with E-state index < -0.39 is 17.8 Å². The number of sulfone groups is 1. The van der Waals surface area contributed by atoms with Crippen LogP contribution in [-0.2, 0) is 15.6 Å². The monoisotopic (exact) mass is 594 g/mol. The lowest BCUT2D eigenvalue weighted by Crippen LogP contribution is -2.20. The van der Waals surface area contributed by atoms with Crippen molar-refractivity contribution >= 4 is 57.0 Å². The Morgan fingerprint density at radius 3 is 1.69 bits per heavy atom. The van der Waals surface area contributed by atoms with Crippen LogP contribution in [0.5, 0.6) is 0 Å². The third-order valence-corrected chi connectivity index (χ3v) is 11.6. The molecule has 0 spiro atoms. The Kier molecular flexibility index (Phi) is 8.49. The van der Waals surface area contributed by atoms with Gasteiger partial charge in [-0.2, -0.15) is 0 Å². The second-order valence-electron chi connectivity index (χ2n) is 8.72. The summed E-state index contributed by atoms with van der Waals surface area (Å²) in [4.78, 5) is 1.84. The molecule has 0 fully saturated rings. The zero-order valence-electron chi connectivity index (χ0n) is 20.5. The van der Waals surface area contributed by atoms with Crippen molar-refractivity contribution in [1.29, 1.82) is 0 Å². The highest BCUT2D eigenvalue weighted by Crippen LogP contribution is 2.37. The summed E-state index contributed by atoms with van der Waals surface area (Å²) < 4.78 is 53.0. The predicted molar refractivity (Wildman–Crippen MR) is 158 cm³/mol. The van der Waals surface area contributed by atoms with Gasteiger partial charge in [-0.15, -0.1) is 0 Å². The van der Waals surface area contributed by atoms with Crippen LogP contribution in [-0.4, -0.2) is 8.42 Å². The second-order valence-corrected chi connectivity index (χ2v) is 14.5. The normalized spacial score (nSPS) is 11.6. The summed E-state index contributed by atoms with van der Waals surface area (Å²) in [5.41, 5.74) is 0.716. The smallest absolute Gasteiger partial charge is 0.182 e. The molecular weight excluding hydrogens is 573 g/mol. The van der Waals surface area contributed by atoms with Gasteiger partial charge in [0.15, 0.2) is 9.84 Å². The van der Waals surface area contributed by atoms with Crippen molar-refractivity contribution < 1.29 is 17.2 Å². The highest BCUT2D eigenvalue weighted by Gasteiger charge is 2.19. The summed E-state index contributed by atoms with van der Waals surface area (Å²) in [5, 5.41) is 3.29. The average Bonchev–Trinajstić information content (AvgIpc) is 2.93. The van der Waals surface area contributed by atoms with Gasteiger partial charge in [-0.3, -0.25) is 0 Å². The van der Waals surface area contributed by atoms with E-state index >= 15 is 0 Å². The fourth-order valence-corrected chi connectivity index (χ4v) is 8.84. The van der Waals surface area contributed by atoms with E-state index in [1.54, 1.807) is 48.5 Å². The molecule has 5 aromatic rings. The van der Waals surface area contributed by atoms with Gasteiger partial charge in [0.2, 0.25) is 0 Å². The molecule has 0 N–H and O–H groups in total. The lowest BCUT2D eigenvalue weighted by atomic mass is 10.2. The molecule has 0 saturated heterocycles. The molecule has 196 valence electrons. The third-order valence-electron chi connectivity index (χ3n) is 5.95. The summed E-state index contributed by atoms with van der Waals surface area (Å²) >= 11 is 7.95. The van der Waals surface area contributed by atoms with E-state index in [2.05, 4.69) is 0 Å². The van der Waals surface area contributed by atoms with Gasteiger partial charge in [0.1, 0.15) is 11.6 Å². The molecule has 0 aromatic heterocycles. The maximum Gasteiger partial charge on any atom is 0.182 e. The fraction of sp³-hybridized carbons (Fsp3) is 0.0323. The Morgan fingerprint density at radius 2 is 1.18 bits per heavy atom. The SMILES string of the molecule is O=S(=O)(Cc1ccccc1)c1ccc(Sc2ccc(P(c3ccc(F)cc3)c3ccc(F)cc3)cc2)c(Cl)c1. The van der Waals surface area contributed by atoms with E-state index in [0.717, 1.165) is 25.7 Å². The number of benzene rings is 5. The van der Waals surface area contributed by atoms with Gasteiger partial charge in [0.05, 0.1) is 15.7 Å². The number of halogens is 3. The highest BCUT2D eigenvalue weighted by atomic mass is 35.5. The maximum atomic E-state index is 13.6. The van der Waals surface area contributed by atoms with Crippen LogP contribution in [0.4, 0.5) is 8.78 Å². The van der Waals surface area contributed by atoms with Crippen LogP contribution in [0.15, 0.2) is 136 Å². The van der Waals surface area contributed by atoms with Crippen molar-refractivity contribution in [1.82, 2.24) is 0 Å². The molecule has 0 aliphatic carbocycles. The number of hydrogen-bond acceptors (Lipinski definition) is 3. The zero-order chi connectivity index (χ0) is 27.4. The first-order valence-corrected chi connectivity index (χ1v) is 16.1. The van der Waals surface area contributed by atoms with Crippen molar-refractivity contribution in [3.8, 4) is 0 Å². The quantitative estimate of drug-likeness (QED) is 0.174. The molecule has 0 heterocycles. The lowest BCUT2D eigenvalue weighted by molar-refractivity contribution is 0.595. The molecule has 2 nitrogen and oxygen atoms in total. The molecule has 5 aromatic carbocycles. The molecule has 0 atom stereocenters. The van der Waals surface area contributed by atoms with Crippen molar-refractivity contribution in [2.75, 3.05) is 0 Å². The van der Waals surface area contributed by atoms with Crippen LogP contribution in [0.1, 0.15) is 5.56 Å². The first kappa shape index (κ1) is 27.5. The summed E-state index contributed by atoms with van der Waals surface area (Å²) in [6.45, 7) is 0. The van der Waals surface area contributed by atoms with E-state index in [1.165, 1.54) is 42.1 Å². The molecule has 39 heavy (non-hydrogen) atoms. The first-order valence-electron chi connectivity index (χ1n) is 11.9. The Balaban J connectivity index is 1.37. The van der Waals surface area contributed by atoms with Gasteiger partial charge >= 0.3 is 0 Å². The molecular formula is C31H22ClF2O2PS2. The maximum absolute atomic E-state index is 13.6. The second kappa shape index (κ2) is 12.0. The van der Waals surface area contributed by atoms with Crippen molar-refractivity contribution in [2.45, 2.75) is 20.4 Å². The minimum absolute atomic E-state index is 0.0940. The molecule has 0 unspecified atom stereocenters. The summed E-state index contributed by atoms with van der Waals surface area (Å²) in [7, 11) is -4.56. The van der Waals surface area contributed by atoms with Crippen molar-refractivity contribution in [3.63, 3.8) is 0 Å². The molecule has 0 aliphatic rings. The van der Waals surface area contributed by atoms with Crippen LogP contribution >= 0.6 is 31.3 Å². The third kappa shape index (κ3) is 6.77. The van der Waals surface area contributed by atoms with E-state index in [0.29, 0.717) is 10.6 Å². The van der Waals surface area contributed by atoms with Crippen LogP contribution in [0, 0.1) is 11.6 Å². The topological polar surface area (TPSA) is 34.1 Å². The average molecular weight is 595 g/mol. The van der Waals surface area contributed by atoms with Crippen LogP contribution in [0.25, 0.3) is 0 Å². The van der Waals surface area contributed by atoms with Gasteiger partial charge in [0, 0.05) is 9.79 Å². The van der Waals surface area contributed by atoms with Gasteiger partial charge in [-0.05, 0) is 84.0 Å². The minimum Gasteiger partial charge on any atom is -0.223 e. The fourth-order valence-electron chi connectivity index (χ4n) is 4.05. The highest BCUT2D eigenvalue weighted by molar-refractivity contribution is 7.99. The number of hydrogen-bond donors (Lipinski definition) is 0. The van der Waals surface area contributed by atoms with E-state index in [1.807, 2.05) is 42.5 Å². The minimum atomic E-state index is -3.54. The van der Waals surface area contributed by atoms with Crippen molar-refractivity contribution in [2.24, 2.45) is 0 Å². The summed E-state index contributed by atoms with van der Waals surface area (Å²) in [6.07, 6.45) is 0. The molecule has 0 radical (unpaired) electrons. The van der Waals surface area contributed by atoms with Crippen molar-refractivity contribution in [3.05, 3.63) is 144 Å². The van der Waals surface area contributed by atoms with E-state index in [9.17, 15) is 17.2 Å². The van der Waals surface area contributed by atoms with E-state index in [4.69, 9.17) is 11.6 Å². The van der Waals surface area contributed by atoms with Gasteiger partial charge in [0.25, 0.3) is 0 Å². The molecule has 5 rings (SSSR count). The summed E-state index contributed by atoms with van der Waals surface area (Å²) in [6, 6.07) is 34.6. The van der Waals surface area contributed by atoms with Gasteiger partial charge in [-0.25, -0.2) is 17.2 Å². The Morgan fingerprint density at radius 1 is 0.667 bits per heavy atom. The predicted octanol–water partition coefficient (Wildman–Crippen LogP) is 7.50. The van der Waals surface area contributed by atoms with Crippen LogP contribution < -0.4 is 15.9 Å². The van der Waals surface area contributed by atoms with Crippen LogP contribution in [0.3, 0.4) is 0 Å². The largest absolute Gasteiger partial charge is 0.223 e. The molecule has 0 bridgehead atoms.